The lowest BCUT2D eigenvalue weighted by Gasteiger charge is -2.37. The quantitative estimate of drug-likeness (QED) is 0.253. The summed E-state index contributed by atoms with van der Waals surface area (Å²) in [5.74, 6) is 0.334. The van der Waals surface area contributed by atoms with Crippen molar-refractivity contribution in [2.45, 2.75) is 38.9 Å². The van der Waals surface area contributed by atoms with E-state index < -0.39 is 8.32 Å². The van der Waals surface area contributed by atoms with Crippen LogP contribution >= 0.6 is 0 Å². The van der Waals surface area contributed by atoms with Crippen LogP contribution in [-0.2, 0) is 4.79 Å². The number of hydrogen-bond donors (Lipinski definition) is 0. The average molecular weight is 407 g/mol. The lowest BCUT2D eigenvalue weighted by molar-refractivity contribution is -0.104. The van der Waals surface area contributed by atoms with E-state index in [4.69, 9.17) is 4.43 Å². The zero-order valence-corrected chi connectivity index (χ0v) is 18.6. The second-order valence-corrected chi connectivity index (χ2v) is 13.5. The molecule has 0 aliphatic heterocycles. The van der Waals surface area contributed by atoms with Gasteiger partial charge in [0.15, 0.2) is 0 Å². The second kappa shape index (κ2) is 7.95. The molecule has 0 aliphatic carbocycles. The van der Waals surface area contributed by atoms with Crippen molar-refractivity contribution < 1.29 is 13.6 Å². The molecule has 0 saturated heterocycles. The fourth-order valence-corrected chi connectivity index (χ4v) is 4.06. The van der Waals surface area contributed by atoms with Crippen molar-refractivity contribution in [3.8, 4) is 16.9 Å². The number of hydrogen-bond acceptors (Lipinski definition) is 2. The van der Waals surface area contributed by atoms with Gasteiger partial charge in [-0.05, 0) is 65.0 Å². The smallest absolute Gasteiger partial charge is 0.250 e. The van der Waals surface area contributed by atoms with E-state index in [0.717, 1.165) is 33.7 Å². The van der Waals surface area contributed by atoms with Gasteiger partial charge < -0.3 is 4.43 Å². The summed E-state index contributed by atoms with van der Waals surface area (Å²) in [4.78, 5) is 11.1. The summed E-state index contributed by atoms with van der Waals surface area (Å²) in [5, 5.41) is 1.60. The number of allylic oxidation sites excluding steroid dienone is 1. The molecule has 0 heterocycles. The zero-order chi connectivity index (χ0) is 21.2. The minimum Gasteiger partial charge on any atom is -0.543 e. The normalized spacial score (nSPS) is 12.5. The molecule has 0 N–H and O–H groups in total. The molecule has 3 rings (SSSR count). The Kier molecular flexibility index (Phi) is 5.76. The van der Waals surface area contributed by atoms with Gasteiger partial charge in [-0.15, -0.1) is 0 Å². The first-order valence-electron chi connectivity index (χ1n) is 9.76. The molecule has 0 spiro atoms. The van der Waals surface area contributed by atoms with Gasteiger partial charge in [0.2, 0.25) is 0 Å². The van der Waals surface area contributed by atoms with Crippen molar-refractivity contribution in [2.24, 2.45) is 0 Å². The third-order valence-electron chi connectivity index (χ3n) is 5.68. The van der Waals surface area contributed by atoms with Crippen LogP contribution in [0, 0.1) is 5.82 Å². The third kappa shape index (κ3) is 4.32. The molecule has 0 saturated carbocycles. The second-order valence-electron chi connectivity index (χ2n) is 8.76. The molecule has 4 heteroatoms. The van der Waals surface area contributed by atoms with E-state index in [-0.39, 0.29) is 10.9 Å². The summed E-state index contributed by atoms with van der Waals surface area (Å²) in [6, 6.07) is 16.8. The standard InChI is InChI=1S/C25H27FO2Si/c1-25(2,3)29(4,5)28-24-21(12-9-15-27)22(18-10-7-6-8-11-18)16-19-13-14-20(26)17-23(19)24/h6-17H,1-5H3/b12-9-. The van der Waals surface area contributed by atoms with Crippen molar-refractivity contribution in [3.05, 3.63) is 72.1 Å². The van der Waals surface area contributed by atoms with Gasteiger partial charge in [0.05, 0.1) is 0 Å². The Hall–Kier alpha value is -2.72. The highest BCUT2D eigenvalue weighted by Gasteiger charge is 2.40. The number of fused-ring (bicyclic) bond motifs is 1. The molecule has 0 unspecified atom stereocenters. The molecule has 0 atom stereocenters. The van der Waals surface area contributed by atoms with E-state index in [1.807, 2.05) is 36.4 Å². The van der Waals surface area contributed by atoms with Crippen molar-refractivity contribution in [1.29, 1.82) is 0 Å². The largest absolute Gasteiger partial charge is 0.543 e. The van der Waals surface area contributed by atoms with Gasteiger partial charge in [-0.1, -0.05) is 57.2 Å². The van der Waals surface area contributed by atoms with E-state index in [9.17, 15) is 9.18 Å². The van der Waals surface area contributed by atoms with Crippen LogP contribution in [-0.4, -0.2) is 14.6 Å². The summed E-state index contributed by atoms with van der Waals surface area (Å²) in [6.07, 6.45) is 3.98. The van der Waals surface area contributed by atoms with Crippen LogP contribution in [0.3, 0.4) is 0 Å². The van der Waals surface area contributed by atoms with E-state index in [2.05, 4.69) is 33.9 Å². The lowest BCUT2D eigenvalue weighted by atomic mass is 9.94. The van der Waals surface area contributed by atoms with Crippen molar-refractivity contribution >= 4 is 31.5 Å². The highest BCUT2D eigenvalue weighted by molar-refractivity contribution is 6.74. The topological polar surface area (TPSA) is 26.3 Å². The van der Waals surface area contributed by atoms with Crippen LogP contribution in [0.5, 0.6) is 5.75 Å². The molecule has 3 aromatic rings. The molecule has 0 bridgehead atoms. The highest BCUT2D eigenvalue weighted by Crippen LogP contribution is 2.44. The van der Waals surface area contributed by atoms with Gasteiger partial charge in [0, 0.05) is 10.9 Å². The number of carbonyl (C=O) groups is 1. The monoisotopic (exact) mass is 406 g/mol. The molecular weight excluding hydrogens is 379 g/mol. The van der Waals surface area contributed by atoms with Gasteiger partial charge in [-0.25, -0.2) is 4.39 Å². The SMILES string of the molecule is CC(C)(C)[Si](C)(C)Oc1c(/C=C\C=O)c(-c2ccccc2)cc2ccc(F)cc12. The van der Waals surface area contributed by atoms with Crippen molar-refractivity contribution in [2.75, 3.05) is 0 Å². The van der Waals surface area contributed by atoms with Gasteiger partial charge in [-0.2, -0.15) is 0 Å². The number of halogens is 1. The van der Waals surface area contributed by atoms with Crippen LogP contribution < -0.4 is 4.43 Å². The third-order valence-corrected chi connectivity index (χ3v) is 10.0. The van der Waals surface area contributed by atoms with Crippen LogP contribution in [0.15, 0.2) is 60.7 Å². The Morgan fingerprint density at radius 3 is 2.31 bits per heavy atom. The minimum atomic E-state index is -2.22. The van der Waals surface area contributed by atoms with E-state index >= 15 is 0 Å². The number of rotatable bonds is 5. The molecule has 0 fully saturated rings. The predicted molar refractivity (Wildman–Crippen MR) is 122 cm³/mol. The van der Waals surface area contributed by atoms with Crippen LogP contribution in [0.4, 0.5) is 4.39 Å². The van der Waals surface area contributed by atoms with Gasteiger partial charge in [0.25, 0.3) is 8.32 Å². The van der Waals surface area contributed by atoms with Gasteiger partial charge in [-0.3, -0.25) is 4.79 Å². The van der Waals surface area contributed by atoms with E-state index in [0.29, 0.717) is 5.75 Å². The molecule has 0 aliphatic rings. The van der Waals surface area contributed by atoms with Crippen molar-refractivity contribution in [1.82, 2.24) is 0 Å². The zero-order valence-electron chi connectivity index (χ0n) is 17.6. The maximum Gasteiger partial charge on any atom is 0.250 e. The Labute approximate surface area is 173 Å². The Balaban J connectivity index is 2.39. The highest BCUT2D eigenvalue weighted by atomic mass is 28.4. The molecule has 0 amide bonds. The minimum absolute atomic E-state index is 0.0267. The summed E-state index contributed by atoms with van der Waals surface area (Å²) in [6.45, 7) is 10.8. The van der Waals surface area contributed by atoms with Crippen LogP contribution in [0.25, 0.3) is 28.0 Å². The summed E-state index contributed by atoms with van der Waals surface area (Å²) in [5.41, 5.74) is 2.77. The molecule has 2 nitrogen and oxygen atoms in total. The summed E-state index contributed by atoms with van der Waals surface area (Å²) in [7, 11) is -2.22. The fourth-order valence-electron chi connectivity index (χ4n) is 3.03. The van der Waals surface area contributed by atoms with Crippen LogP contribution in [0.1, 0.15) is 26.3 Å². The Morgan fingerprint density at radius 1 is 1.00 bits per heavy atom. The summed E-state index contributed by atoms with van der Waals surface area (Å²) < 4.78 is 20.9. The molecule has 3 aromatic carbocycles. The molecule has 0 radical (unpaired) electrons. The van der Waals surface area contributed by atoms with Gasteiger partial charge >= 0.3 is 0 Å². The molecule has 0 aromatic heterocycles. The molecule has 29 heavy (non-hydrogen) atoms. The first-order chi connectivity index (χ1) is 13.6. The number of benzene rings is 3. The Morgan fingerprint density at radius 2 is 1.69 bits per heavy atom. The van der Waals surface area contributed by atoms with Crippen molar-refractivity contribution in [3.63, 3.8) is 0 Å². The number of aldehydes is 1. The predicted octanol–water partition coefficient (Wildman–Crippen LogP) is 7.24. The average Bonchev–Trinajstić information content (AvgIpc) is 2.66. The maximum atomic E-state index is 14.2. The Bertz CT molecular complexity index is 1060. The molecule has 150 valence electrons. The summed E-state index contributed by atoms with van der Waals surface area (Å²) >= 11 is 0. The van der Waals surface area contributed by atoms with Crippen LogP contribution in [0.2, 0.25) is 18.1 Å². The van der Waals surface area contributed by atoms with E-state index in [1.165, 1.54) is 18.2 Å². The first kappa shape index (κ1) is 21.0. The first-order valence-corrected chi connectivity index (χ1v) is 12.7. The number of carbonyl (C=O) groups excluding carboxylic acids is 1. The lowest BCUT2D eigenvalue weighted by Crippen LogP contribution is -2.44. The van der Waals surface area contributed by atoms with Gasteiger partial charge in [0.1, 0.15) is 17.9 Å². The molecular formula is C25H27FO2Si. The maximum absolute atomic E-state index is 14.2. The van der Waals surface area contributed by atoms with E-state index in [1.54, 1.807) is 12.1 Å². The fraction of sp³-hybridized carbons (Fsp3) is 0.240.